The van der Waals surface area contributed by atoms with Gasteiger partial charge in [0, 0.05) is 37.2 Å². The molecule has 3 aliphatic rings. The van der Waals surface area contributed by atoms with Gasteiger partial charge in [-0.3, -0.25) is 24.0 Å². The summed E-state index contributed by atoms with van der Waals surface area (Å²) in [4.78, 5) is 66.3. The third kappa shape index (κ3) is 5.41. The van der Waals surface area contributed by atoms with Crippen molar-refractivity contribution < 1.29 is 42.6 Å². The van der Waals surface area contributed by atoms with Crippen LogP contribution < -0.4 is 0 Å². The van der Waals surface area contributed by atoms with Gasteiger partial charge in [-0.25, -0.2) is 0 Å². The maximum Gasteiger partial charge on any atom is 0.310 e. The Kier molecular flexibility index (Phi) is 8.14. The summed E-state index contributed by atoms with van der Waals surface area (Å²) in [5.74, 6) is -4.55. The van der Waals surface area contributed by atoms with Crippen molar-refractivity contribution in [2.75, 3.05) is 0 Å². The summed E-state index contributed by atoms with van der Waals surface area (Å²) < 4.78 is 22.0. The number of benzene rings is 1. The number of Topliss-reactive ketones (excluding diaryl/α,β-unsaturated/α-hetero) is 2. The number of carbonyl (C=O) groups is 5. The first kappa shape index (κ1) is 29.7. The highest BCUT2D eigenvalue weighted by Gasteiger charge is 2.67. The second-order valence-corrected chi connectivity index (χ2v) is 12.7. The largest absolute Gasteiger partial charge is 0.472 e. The van der Waals surface area contributed by atoms with E-state index in [1.807, 2.05) is 44.2 Å². The maximum absolute atomic E-state index is 14.1. The maximum atomic E-state index is 14.1. The van der Waals surface area contributed by atoms with E-state index < -0.39 is 58.6 Å². The minimum absolute atomic E-state index is 0.0480. The van der Waals surface area contributed by atoms with Gasteiger partial charge in [0.2, 0.25) is 0 Å². The van der Waals surface area contributed by atoms with Crippen LogP contribution in [-0.2, 0) is 44.8 Å². The lowest BCUT2D eigenvalue weighted by atomic mass is 9.42. The van der Waals surface area contributed by atoms with E-state index in [4.69, 9.17) is 18.6 Å². The molecule has 2 saturated carbocycles. The number of esters is 3. The minimum atomic E-state index is -1.12. The summed E-state index contributed by atoms with van der Waals surface area (Å²) in [6, 6.07) is 11.0. The Balaban J connectivity index is 1.41. The van der Waals surface area contributed by atoms with Gasteiger partial charge >= 0.3 is 17.9 Å². The average Bonchev–Trinajstić information content (AvgIpc) is 3.48. The van der Waals surface area contributed by atoms with Crippen LogP contribution >= 0.6 is 0 Å². The van der Waals surface area contributed by atoms with Gasteiger partial charge in [-0.05, 0) is 41.7 Å². The highest BCUT2D eigenvalue weighted by Crippen LogP contribution is 2.65. The van der Waals surface area contributed by atoms with Crippen molar-refractivity contribution in [2.45, 2.75) is 78.6 Å². The molecule has 0 spiro atoms. The summed E-state index contributed by atoms with van der Waals surface area (Å²) in [5.41, 5.74) is -0.105. The fraction of sp³-hybridized carbons (Fsp3) is 0.545. The lowest BCUT2D eigenvalue weighted by Gasteiger charge is -2.61. The predicted molar refractivity (Wildman–Crippen MR) is 148 cm³/mol. The first-order valence-electron chi connectivity index (χ1n) is 14.6. The molecular formula is C33H38O9. The van der Waals surface area contributed by atoms with E-state index in [2.05, 4.69) is 0 Å². The van der Waals surface area contributed by atoms with Crippen LogP contribution in [0.2, 0.25) is 0 Å². The van der Waals surface area contributed by atoms with E-state index >= 15 is 0 Å². The SMILES string of the molecule is CC(=O)O[C@H]1C[C@@H](C(=O)CC(C)C(=O)OCc2ccccc2)[C@]2(C)CC[C@@H]3C(=O)O[C@@H](c4ccoc4)C[C@]3(C)[C@H]2C1=O. The van der Waals surface area contributed by atoms with Gasteiger partial charge in [0.25, 0.3) is 0 Å². The molecule has 5 rings (SSSR count). The van der Waals surface area contributed by atoms with Crippen molar-refractivity contribution in [3.63, 3.8) is 0 Å². The Morgan fingerprint density at radius 3 is 2.48 bits per heavy atom. The van der Waals surface area contributed by atoms with Gasteiger partial charge in [-0.2, -0.15) is 0 Å². The number of carbonyl (C=O) groups excluding carboxylic acids is 5. The van der Waals surface area contributed by atoms with E-state index in [1.54, 1.807) is 13.0 Å². The van der Waals surface area contributed by atoms with Crippen molar-refractivity contribution in [1.29, 1.82) is 0 Å². The van der Waals surface area contributed by atoms with Gasteiger partial charge in [0.15, 0.2) is 11.9 Å². The third-order valence-electron chi connectivity index (χ3n) is 9.85. The zero-order chi connectivity index (χ0) is 30.2. The van der Waals surface area contributed by atoms with Crippen LogP contribution in [0.15, 0.2) is 53.3 Å². The topological polar surface area (TPSA) is 126 Å². The van der Waals surface area contributed by atoms with Crippen LogP contribution in [0, 0.1) is 34.5 Å². The summed E-state index contributed by atoms with van der Waals surface area (Å²) in [5, 5.41) is 0. The smallest absolute Gasteiger partial charge is 0.310 e. The summed E-state index contributed by atoms with van der Waals surface area (Å²) >= 11 is 0. The molecule has 9 nitrogen and oxygen atoms in total. The molecule has 0 N–H and O–H groups in total. The molecule has 2 heterocycles. The summed E-state index contributed by atoms with van der Waals surface area (Å²) in [6.45, 7) is 6.87. The number of hydrogen-bond donors (Lipinski definition) is 0. The van der Waals surface area contributed by atoms with Crippen LogP contribution in [0.3, 0.4) is 0 Å². The molecule has 9 heteroatoms. The van der Waals surface area contributed by atoms with E-state index in [0.29, 0.717) is 24.8 Å². The minimum Gasteiger partial charge on any atom is -0.472 e. The molecule has 1 aromatic carbocycles. The monoisotopic (exact) mass is 578 g/mol. The fourth-order valence-corrected chi connectivity index (χ4v) is 7.85. The Morgan fingerprint density at radius 1 is 1.07 bits per heavy atom. The number of rotatable bonds is 8. The third-order valence-corrected chi connectivity index (χ3v) is 9.85. The second kappa shape index (κ2) is 11.5. The number of cyclic esters (lactones) is 1. The van der Waals surface area contributed by atoms with Crippen LogP contribution in [0.1, 0.15) is 77.0 Å². The number of furan rings is 1. The molecule has 224 valence electrons. The Morgan fingerprint density at radius 2 is 1.81 bits per heavy atom. The average molecular weight is 579 g/mol. The zero-order valence-corrected chi connectivity index (χ0v) is 24.5. The number of hydrogen-bond acceptors (Lipinski definition) is 9. The molecule has 0 bridgehead atoms. The van der Waals surface area contributed by atoms with Crippen molar-refractivity contribution in [2.24, 2.45) is 34.5 Å². The summed E-state index contributed by atoms with van der Waals surface area (Å²) in [7, 11) is 0. The van der Waals surface area contributed by atoms with E-state index in [9.17, 15) is 24.0 Å². The lowest BCUT2D eigenvalue weighted by molar-refractivity contribution is -0.207. The highest BCUT2D eigenvalue weighted by molar-refractivity contribution is 5.95. The van der Waals surface area contributed by atoms with Gasteiger partial charge < -0.3 is 18.6 Å². The van der Waals surface area contributed by atoms with Crippen LogP contribution in [0.4, 0.5) is 0 Å². The summed E-state index contributed by atoms with van der Waals surface area (Å²) in [6.07, 6.45) is 2.57. The molecule has 1 saturated heterocycles. The molecule has 2 aromatic rings. The molecule has 3 fully saturated rings. The van der Waals surface area contributed by atoms with Crippen LogP contribution in [-0.4, -0.2) is 35.6 Å². The standard InChI is InChI=1S/C33H38O9/c1-19(30(37)40-17-21-8-6-5-7-9-21)14-25(35)24-15-26(41-20(2)34)28(36)29-32(24,3)12-10-23-31(38)42-27(16-33(23,29)4)22-11-13-39-18-22/h5-9,11,13,18-19,23-24,26-27,29H,10,12,14-17H2,1-4H3/t19?,23-,24+,26+,27-,29+,32+,33+/m1/s1. The molecule has 1 aliphatic heterocycles. The van der Waals surface area contributed by atoms with Crippen molar-refractivity contribution in [1.82, 2.24) is 0 Å². The Bertz CT molecular complexity index is 1350. The fourth-order valence-electron chi connectivity index (χ4n) is 7.85. The lowest BCUT2D eigenvalue weighted by Crippen LogP contribution is -2.64. The van der Waals surface area contributed by atoms with Gasteiger partial charge in [-0.15, -0.1) is 0 Å². The van der Waals surface area contributed by atoms with Crippen LogP contribution in [0.25, 0.3) is 0 Å². The first-order chi connectivity index (χ1) is 19.9. The molecule has 0 radical (unpaired) electrons. The molecule has 2 aliphatic carbocycles. The molecule has 1 aromatic heterocycles. The molecule has 0 amide bonds. The van der Waals surface area contributed by atoms with Crippen molar-refractivity contribution in [3.8, 4) is 0 Å². The first-order valence-corrected chi connectivity index (χ1v) is 14.6. The highest BCUT2D eigenvalue weighted by atomic mass is 16.6. The Labute approximate surface area is 245 Å². The molecular weight excluding hydrogens is 540 g/mol. The van der Waals surface area contributed by atoms with Gasteiger partial charge in [-0.1, -0.05) is 51.1 Å². The number of ether oxygens (including phenoxy) is 3. The van der Waals surface area contributed by atoms with E-state index in [-0.39, 0.29) is 37.0 Å². The van der Waals surface area contributed by atoms with Crippen molar-refractivity contribution >= 4 is 29.5 Å². The van der Waals surface area contributed by atoms with Crippen molar-refractivity contribution in [3.05, 3.63) is 60.1 Å². The number of fused-ring (bicyclic) bond motifs is 3. The molecule has 1 unspecified atom stereocenters. The quantitative estimate of drug-likeness (QED) is 0.308. The predicted octanol–water partition coefficient (Wildman–Crippen LogP) is 5.17. The van der Waals surface area contributed by atoms with Gasteiger partial charge in [0.05, 0.1) is 24.4 Å². The van der Waals surface area contributed by atoms with Crippen LogP contribution in [0.5, 0.6) is 0 Å². The van der Waals surface area contributed by atoms with E-state index in [0.717, 1.165) is 5.56 Å². The van der Waals surface area contributed by atoms with Gasteiger partial charge in [0.1, 0.15) is 18.5 Å². The second-order valence-electron chi connectivity index (χ2n) is 12.7. The zero-order valence-electron chi connectivity index (χ0n) is 24.5. The number of ketones is 2. The van der Waals surface area contributed by atoms with E-state index in [1.165, 1.54) is 19.5 Å². The molecule has 8 atom stereocenters. The normalized spacial score (nSPS) is 33.0. The Hall–Kier alpha value is -3.75. The molecule has 42 heavy (non-hydrogen) atoms.